The summed E-state index contributed by atoms with van der Waals surface area (Å²) in [5, 5.41) is 0.663. The third kappa shape index (κ3) is 4.18. The van der Waals surface area contributed by atoms with E-state index in [0.29, 0.717) is 17.4 Å². The first-order valence-electron chi connectivity index (χ1n) is 9.75. The maximum Gasteiger partial charge on any atom is 0.255 e. The normalized spacial score (nSPS) is 14.2. The van der Waals surface area contributed by atoms with E-state index in [-0.39, 0.29) is 5.56 Å². The molecule has 0 atom stereocenters. The minimum Gasteiger partial charge on any atom is -0.345 e. The molecule has 0 spiro atoms. The van der Waals surface area contributed by atoms with Gasteiger partial charge in [0.1, 0.15) is 11.6 Å². The lowest BCUT2D eigenvalue weighted by Gasteiger charge is -2.27. The van der Waals surface area contributed by atoms with Crippen molar-refractivity contribution in [2.75, 3.05) is 6.54 Å². The van der Waals surface area contributed by atoms with Gasteiger partial charge in [-0.05, 0) is 30.7 Å². The number of unbranched alkanes of at least 4 members (excludes halogenated alkanes) is 1. The highest BCUT2D eigenvalue weighted by atomic mass is 35.5. The van der Waals surface area contributed by atoms with Crippen LogP contribution in [0.15, 0.2) is 35.3 Å². The number of aromatic amines is 2. The first kappa shape index (κ1) is 18.9. The molecule has 0 aliphatic carbocycles. The number of aryl methyl sites for hydroxylation is 1. The van der Waals surface area contributed by atoms with Crippen molar-refractivity contribution in [1.29, 1.82) is 0 Å². The molecule has 0 bridgehead atoms. The minimum absolute atomic E-state index is 0.0621. The van der Waals surface area contributed by atoms with Gasteiger partial charge < -0.3 is 9.97 Å². The number of rotatable bonds is 6. The van der Waals surface area contributed by atoms with E-state index in [1.54, 1.807) is 12.1 Å². The number of imidazole rings is 1. The molecule has 0 amide bonds. The summed E-state index contributed by atoms with van der Waals surface area (Å²) < 4.78 is 0. The van der Waals surface area contributed by atoms with E-state index in [1.165, 1.54) is 0 Å². The van der Waals surface area contributed by atoms with E-state index in [4.69, 9.17) is 16.6 Å². The van der Waals surface area contributed by atoms with Crippen molar-refractivity contribution in [3.05, 3.63) is 68.6 Å². The average Bonchev–Trinajstić information content (AvgIpc) is 3.14. The highest BCUT2D eigenvalue weighted by molar-refractivity contribution is 6.30. The predicted octanol–water partition coefficient (Wildman–Crippen LogP) is 3.71. The zero-order valence-corrected chi connectivity index (χ0v) is 16.7. The molecule has 4 rings (SSSR count). The van der Waals surface area contributed by atoms with E-state index < -0.39 is 0 Å². The second-order valence-electron chi connectivity index (χ2n) is 7.27. The van der Waals surface area contributed by atoms with E-state index >= 15 is 0 Å². The van der Waals surface area contributed by atoms with Crippen LogP contribution in [0.1, 0.15) is 42.5 Å². The van der Waals surface area contributed by atoms with Crippen LogP contribution in [0.3, 0.4) is 0 Å². The maximum absolute atomic E-state index is 12.7. The second kappa shape index (κ2) is 8.29. The lowest BCUT2D eigenvalue weighted by Crippen LogP contribution is -2.35. The average molecular weight is 398 g/mol. The summed E-state index contributed by atoms with van der Waals surface area (Å²) in [6.07, 6.45) is 5.95. The molecule has 0 radical (unpaired) electrons. The fourth-order valence-electron chi connectivity index (χ4n) is 3.56. The van der Waals surface area contributed by atoms with Gasteiger partial charge in [-0.15, -0.1) is 0 Å². The Morgan fingerprint density at radius 3 is 2.82 bits per heavy atom. The van der Waals surface area contributed by atoms with Crippen molar-refractivity contribution < 1.29 is 0 Å². The number of hydrogen-bond acceptors (Lipinski definition) is 4. The molecule has 3 heterocycles. The summed E-state index contributed by atoms with van der Waals surface area (Å²) in [5.74, 6) is 1.64. The third-order valence-electron chi connectivity index (χ3n) is 5.11. The van der Waals surface area contributed by atoms with Gasteiger partial charge in [-0.1, -0.05) is 24.9 Å². The third-order valence-corrected chi connectivity index (χ3v) is 5.36. The number of halogens is 1. The van der Waals surface area contributed by atoms with Crippen LogP contribution in [0.5, 0.6) is 0 Å². The van der Waals surface area contributed by atoms with Gasteiger partial charge >= 0.3 is 0 Å². The fraction of sp³-hybridized carbons (Fsp3) is 0.381. The van der Waals surface area contributed by atoms with Gasteiger partial charge in [0, 0.05) is 55.0 Å². The SMILES string of the molecule is CCCCc1ncc(CN2CCc3nc(-c4ccc(Cl)cc4)[nH]c(=O)c3C2)[nH]1. The highest BCUT2D eigenvalue weighted by Gasteiger charge is 2.22. The quantitative estimate of drug-likeness (QED) is 0.664. The van der Waals surface area contributed by atoms with Gasteiger partial charge in [-0.3, -0.25) is 9.69 Å². The smallest absolute Gasteiger partial charge is 0.255 e. The van der Waals surface area contributed by atoms with Crippen LogP contribution < -0.4 is 5.56 Å². The van der Waals surface area contributed by atoms with Gasteiger partial charge in [-0.25, -0.2) is 9.97 Å². The zero-order valence-electron chi connectivity index (χ0n) is 16.0. The number of H-pyrrole nitrogens is 2. The van der Waals surface area contributed by atoms with Crippen LogP contribution in [-0.2, 0) is 25.9 Å². The molecule has 2 aromatic heterocycles. The first-order chi connectivity index (χ1) is 13.6. The molecular weight excluding hydrogens is 374 g/mol. The molecule has 1 aliphatic rings. The van der Waals surface area contributed by atoms with Gasteiger partial charge in [-0.2, -0.15) is 0 Å². The maximum atomic E-state index is 12.7. The minimum atomic E-state index is -0.0621. The Morgan fingerprint density at radius 1 is 1.21 bits per heavy atom. The molecule has 7 heteroatoms. The molecular formula is C21H24ClN5O. The Kier molecular flexibility index (Phi) is 5.59. The van der Waals surface area contributed by atoms with Crippen LogP contribution in [0, 0.1) is 0 Å². The molecule has 0 saturated heterocycles. The van der Waals surface area contributed by atoms with Gasteiger partial charge in [0.05, 0.1) is 11.3 Å². The number of hydrogen-bond donors (Lipinski definition) is 2. The lowest BCUT2D eigenvalue weighted by atomic mass is 10.1. The van der Waals surface area contributed by atoms with Gasteiger partial charge in [0.15, 0.2) is 0 Å². The Bertz CT molecular complexity index is 1010. The van der Waals surface area contributed by atoms with Crippen LogP contribution in [0.2, 0.25) is 5.02 Å². The number of benzene rings is 1. The molecule has 0 saturated carbocycles. The molecule has 146 valence electrons. The van der Waals surface area contributed by atoms with Crippen molar-refractivity contribution in [2.45, 2.75) is 45.7 Å². The van der Waals surface area contributed by atoms with E-state index in [2.05, 4.69) is 26.8 Å². The van der Waals surface area contributed by atoms with Crippen molar-refractivity contribution in [1.82, 2.24) is 24.8 Å². The van der Waals surface area contributed by atoms with Crippen LogP contribution in [-0.4, -0.2) is 31.4 Å². The largest absolute Gasteiger partial charge is 0.345 e. The summed E-state index contributed by atoms with van der Waals surface area (Å²) in [4.78, 5) is 30.4. The van der Waals surface area contributed by atoms with Gasteiger partial charge in [0.25, 0.3) is 5.56 Å². The molecule has 2 N–H and O–H groups in total. The van der Waals surface area contributed by atoms with E-state index in [0.717, 1.165) is 67.1 Å². The van der Waals surface area contributed by atoms with Crippen molar-refractivity contribution in [3.63, 3.8) is 0 Å². The van der Waals surface area contributed by atoms with Crippen LogP contribution in [0.25, 0.3) is 11.4 Å². The summed E-state index contributed by atoms with van der Waals surface area (Å²) in [6, 6.07) is 7.35. The Labute approximate surface area is 169 Å². The molecule has 0 unspecified atom stereocenters. The van der Waals surface area contributed by atoms with E-state index in [9.17, 15) is 4.79 Å². The van der Waals surface area contributed by atoms with Crippen molar-refractivity contribution in [3.8, 4) is 11.4 Å². The first-order valence-corrected chi connectivity index (χ1v) is 10.1. The predicted molar refractivity (Wildman–Crippen MR) is 110 cm³/mol. The van der Waals surface area contributed by atoms with Crippen LogP contribution in [0.4, 0.5) is 0 Å². The summed E-state index contributed by atoms with van der Waals surface area (Å²) in [5.41, 5.74) is 3.54. The second-order valence-corrected chi connectivity index (χ2v) is 7.70. The summed E-state index contributed by atoms with van der Waals surface area (Å²) in [7, 11) is 0. The summed E-state index contributed by atoms with van der Waals surface area (Å²) in [6.45, 7) is 4.41. The lowest BCUT2D eigenvalue weighted by molar-refractivity contribution is 0.239. The number of nitrogens with zero attached hydrogens (tertiary/aromatic N) is 3. The Hall–Kier alpha value is -2.44. The Morgan fingerprint density at radius 2 is 2.04 bits per heavy atom. The zero-order chi connectivity index (χ0) is 19.5. The molecule has 1 aliphatic heterocycles. The molecule has 3 aromatic rings. The van der Waals surface area contributed by atoms with Crippen molar-refractivity contribution >= 4 is 11.6 Å². The molecule has 1 aromatic carbocycles. The van der Waals surface area contributed by atoms with Crippen molar-refractivity contribution in [2.24, 2.45) is 0 Å². The summed E-state index contributed by atoms with van der Waals surface area (Å²) >= 11 is 5.95. The topological polar surface area (TPSA) is 77.7 Å². The highest BCUT2D eigenvalue weighted by Crippen LogP contribution is 2.21. The fourth-order valence-corrected chi connectivity index (χ4v) is 3.68. The molecule has 28 heavy (non-hydrogen) atoms. The standard InChI is InChI=1S/C21H24ClN5O/c1-2-3-4-19-23-11-16(24-19)12-27-10-9-18-17(13-27)21(28)26-20(25-18)14-5-7-15(22)8-6-14/h5-8,11H,2-4,9-10,12-13H2,1H3,(H,23,24)(H,25,26,28). The van der Waals surface area contributed by atoms with E-state index in [1.807, 2.05) is 18.3 Å². The van der Waals surface area contributed by atoms with Crippen LogP contribution >= 0.6 is 11.6 Å². The molecule has 6 nitrogen and oxygen atoms in total. The monoisotopic (exact) mass is 397 g/mol. The van der Waals surface area contributed by atoms with Gasteiger partial charge in [0.2, 0.25) is 0 Å². The number of nitrogens with one attached hydrogen (secondary N) is 2. The molecule has 0 fully saturated rings. The Balaban J connectivity index is 1.49. The number of fused-ring (bicyclic) bond motifs is 1. The number of aromatic nitrogens is 4.